The molecule has 0 bridgehead atoms. The third kappa shape index (κ3) is 1.70. The van der Waals surface area contributed by atoms with E-state index in [2.05, 4.69) is 35.9 Å². The Labute approximate surface area is 108 Å². The van der Waals surface area contributed by atoms with Crippen LogP contribution in [0.2, 0.25) is 0 Å². The minimum absolute atomic E-state index is 0.566. The minimum atomic E-state index is 0.566. The van der Waals surface area contributed by atoms with Crippen LogP contribution >= 0.6 is 0 Å². The first kappa shape index (κ1) is 11.3. The maximum atomic E-state index is 6.32. The highest BCUT2D eigenvalue weighted by Crippen LogP contribution is 2.36. The van der Waals surface area contributed by atoms with Crippen LogP contribution in [-0.2, 0) is 0 Å². The number of fused-ring (bicyclic) bond motifs is 1. The molecule has 3 rings (SSSR count). The van der Waals surface area contributed by atoms with Crippen molar-refractivity contribution in [2.45, 2.75) is 26.3 Å². The molecule has 3 nitrogen and oxygen atoms in total. The number of rotatable bonds is 1. The van der Waals surface area contributed by atoms with Crippen molar-refractivity contribution in [1.29, 1.82) is 0 Å². The van der Waals surface area contributed by atoms with Crippen LogP contribution in [0.25, 0.3) is 10.9 Å². The van der Waals surface area contributed by atoms with E-state index in [0.717, 1.165) is 34.7 Å². The van der Waals surface area contributed by atoms with E-state index in [-0.39, 0.29) is 0 Å². The number of benzene rings is 1. The van der Waals surface area contributed by atoms with Gasteiger partial charge in [0.1, 0.15) is 0 Å². The second kappa shape index (κ2) is 4.16. The zero-order valence-corrected chi connectivity index (χ0v) is 10.9. The van der Waals surface area contributed by atoms with E-state index in [0.29, 0.717) is 6.04 Å². The van der Waals surface area contributed by atoms with Gasteiger partial charge in [0.25, 0.3) is 0 Å². The molecule has 0 aliphatic carbocycles. The van der Waals surface area contributed by atoms with Crippen molar-refractivity contribution in [3.8, 4) is 0 Å². The Balaban J connectivity index is 2.10. The highest BCUT2D eigenvalue weighted by Gasteiger charge is 2.27. The van der Waals surface area contributed by atoms with Crippen LogP contribution in [0.1, 0.15) is 20.3 Å². The Morgan fingerprint density at radius 1 is 1.28 bits per heavy atom. The highest BCUT2D eigenvalue weighted by atomic mass is 15.2. The van der Waals surface area contributed by atoms with Crippen LogP contribution in [0.15, 0.2) is 30.5 Å². The van der Waals surface area contributed by atoms with Crippen molar-refractivity contribution < 1.29 is 0 Å². The summed E-state index contributed by atoms with van der Waals surface area (Å²) in [6.45, 7) is 5.67. The normalized spacial score (nSPS) is 23.8. The molecule has 2 N–H and O–H groups in total. The predicted octanol–water partition coefficient (Wildman–Crippen LogP) is 3.05. The van der Waals surface area contributed by atoms with E-state index in [9.17, 15) is 0 Å². The lowest BCUT2D eigenvalue weighted by molar-refractivity contribution is 0.625. The van der Waals surface area contributed by atoms with Gasteiger partial charge in [-0.1, -0.05) is 6.92 Å². The zero-order valence-electron chi connectivity index (χ0n) is 10.9. The van der Waals surface area contributed by atoms with Gasteiger partial charge in [-0.3, -0.25) is 4.98 Å². The molecular formula is C15H19N3. The monoisotopic (exact) mass is 241 g/mol. The van der Waals surface area contributed by atoms with Crippen LogP contribution in [0, 0.1) is 5.92 Å². The molecule has 94 valence electrons. The van der Waals surface area contributed by atoms with Gasteiger partial charge < -0.3 is 10.6 Å². The van der Waals surface area contributed by atoms with Gasteiger partial charge in [0, 0.05) is 24.2 Å². The second-order valence-corrected chi connectivity index (χ2v) is 5.41. The molecule has 2 unspecified atom stereocenters. The zero-order chi connectivity index (χ0) is 12.7. The van der Waals surface area contributed by atoms with E-state index >= 15 is 0 Å². The molecule has 2 aromatic rings. The molecule has 1 aliphatic rings. The number of nitrogens with two attached hydrogens (primary N) is 1. The van der Waals surface area contributed by atoms with E-state index in [1.165, 1.54) is 6.42 Å². The van der Waals surface area contributed by atoms with Crippen molar-refractivity contribution in [1.82, 2.24) is 4.98 Å². The molecule has 0 saturated carbocycles. The molecular weight excluding hydrogens is 222 g/mol. The van der Waals surface area contributed by atoms with Crippen molar-refractivity contribution in [2.75, 3.05) is 17.2 Å². The molecule has 1 aromatic heterocycles. The lowest BCUT2D eigenvalue weighted by atomic mass is 10.1. The quantitative estimate of drug-likeness (QED) is 0.780. The Bertz CT molecular complexity index is 579. The van der Waals surface area contributed by atoms with E-state index in [4.69, 9.17) is 5.73 Å². The fourth-order valence-corrected chi connectivity index (χ4v) is 3.05. The Morgan fingerprint density at radius 3 is 2.83 bits per heavy atom. The van der Waals surface area contributed by atoms with Gasteiger partial charge in [-0.2, -0.15) is 0 Å². The van der Waals surface area contributed by atoms with Gasteiger partial charge in [0.2, 0.25) is 0 Å². The minimum Gasteiger partial charge on any atom is -0.396 e. The number of aromatic nitrogens is 1. The lowest BCUT2D eigenvalue weighted by Crippen LogP contribution is -2.27. The fourth-order valence-electron chi connectivity index (χ4n) is 3.05. The van der Waals surface area contributed by atoms with Gasteiger partial charge in [-0.15, -0.1) is 0 Å². The summed E-state index contributed by atoms with van der Waals surface area (Å²) in [5.41, 5.74) is 9.32. The smallest absolute Gasteiger partial charge is 0.0724 e. The number of nitrogen functional groups attached to an aromatic ring is 1. The molecule has 2 heterocycles. The third-order valence-electron chi connectivity index (χ3n) is 3.90. The third-order valence-corrected chi connectivity index (χ3v) is 3.90. The SMILES string of the molecule is CC1CC(C)N(c2ccc3ncccc3c2N)C1. The molecule has 0 spiro atoms. The van der Waals surface area contributed by atoms with Crippen LogP contribution in [0.4, 0.5) is 11.4 Å². The van der Waals surface area contributed by atoms with E-state index < -0.39 is 0 Å². The van der Waals surface area contributed by atoms with E-state index in [1.807, 2.05) is 18.3 Å². The van der Waals surface area contributed by atoms with Gasteiger partial charge in [0.15, 0.2) is 0 Å². The number of hydrogen-bond acceptors (Lipinski definition) is 3. The van der Waals surface area contributed by atoms with E-state index in [1.54, 1.807) is 0 Å². The average Bonchev–Trinajstić information content (AvgIpc) is 2.69. The Kier molecular flexibility index (Phi) is 2.62. The van der Waals surface area contributed by atoms with Gasteiger partial charge in [-0.25, -0.2) is 0 Å². The number of nitrogens with zero attached hydrogens (tertiary/aromatic N) is 2. The fraction of sp³-hybridized carbons (Fsp3) is 0.400. The summed E-state index contributed by atoms with van der Waals surface area (Å²) in [5.74, 6) is 0.740. The first-order valence-corrected chi connectivity index (χ1v) is 6.56. The molecule has 1 aliphatic heterocycles. The largest absolute Gasteiger partial charge is 0.396 e. The number of anilines is 2. The summed E-state index contributed by atoms with van der Waals surface area (Å²) in [5, 5.41) is 1.06. The highest BCUT2D eigenvalue weighted by molar-refractivity contribution is 5.97. The van der Waals surface area contributed by atoms with Gasteiger partial charge >= 0.3 is 0 Å². The number of hydrogen-bond donors (Lipinski definition) is 1. The molecule has 0 amide bonds. The average molecular weight is 241 g/mol. The van der Waals surface area contributed by atoms with Crippen molar-refractivity contribution >= 4 is 22.3 Å². The van der Waals surface area contributed by atoms with Crippen molar-refractivity contribution in [2.24, 2.45) is 5.92 Å². The summed E-state index contributed by atoms with van der Waals surface area (Å²) in [4.78, 5) is 6.77. The van der Waals surface area contributed by atoms with Crippen LogP contribution in [0.3, 0.4) is 0 Å². The first-order valence-electron chi connectivity index (χ1n) is 6.56. The summed E-state index contributed by atoms with van der Waals surface area (Å²) in [7, 11) is 0. The maximum Gasteiger partial charge on any atom is 0.0724 e. The summed E-state index contributed by atoms with van der Waals surface area (Å²) < 4.78 is 0. The number of pyridine rings is 1. The lowest BCUT2D eigenvalue weighted by Gasteiger charge is -2.26. The standard InChI is InChI=1S/C15H19N3/c1-10-8-11(2)18(9-10)14-6-5-13-12(15(14)16)4-3-7-17-13/h3-7,10-11H,8-9,16H2,1-2H3. The first-order chi connectivity index (χ1) is 8.66. The van der Waals surface area contributed by atoms with Crippen LogP contribution in [0.5, 0.6) is 0 Å². The molecule has 0 radical (unpaired) electrons. The van der Waals surface area contributed by atoms with Crippen LogP contribution < -0.4 is 10.6 Å². The molecule has 1 saturated heterocycles. The van der Waals surface area contributed by atoms with Crippen LogP contribution in [-0.4, -0.2) is 17.6 Å². The molecule has 3 heteroatoms. The predicted molar refractivity (Wildman–Crippen MR) is 76.7 cm³/mol. The summed E-state index contributed by atoms with van der Waals surface area (Å²) in [6.07, 6.45) is 3.05. The van der Waals surface area contributed by atoms with Gasteiger partial charge in [-0.05, 0) is 43.5 Å². The Hall–Kier alpha value is -1.77. The Morgan fingerprint density at radius 2 is 2.11 bits per heavy atom. The molecule has 1 aromatic carbocycles. The summed E-state index contributed by atoms with van der Waals surface area (Å²) in [6, 6.07) is 8.73. The maximum absolute atomic E-state index is 6.32. The van der Waals surface area contributed by atoms with Crippen molar-refractivity contribution in [3.05, 3.63) is 30.5 Å². The second-order valence-electron chi connectivity index (χ2n) is 5.41. The molecule has 2 atom stereocenters. The van der Waals surface area contributed by atoms with Crippen molar-refractivity contribution in [3.63, 3.8) is 0 Å². The molecule has 1 fully saturated rings. The van der Waals surface area contributed by atoms with Gasteiger partial charge in [0.05, 0.1) is 16.9 Å². The topological polar surface area (TPSA) is 42.2 Å². The molecule has 18 heavy (non-hydrogen) atoms. The summed E-state index contributed by atoms with van der Waals surface area (Å²) >= 11 is 0.